The molecule has 0 aromatic carbocycles. The minimum Gasteiger partial charge on any atom is -0.0831 e. The fraction of sp³-hybridized carbons (Fsp3) is 1.00. The van der Waals surface area contributed by atoms with Gasteiger partial charge < -0.3 is 0 Å². The maximum Gasteiger partial charge on any atom is 0.109 e. The zero-order valence-corrected chi connectivity index (χ0v) is 5.85. The van der Waals surface area contributed by atoms with Crippen LogP contribution in [0.4, 0.5) is 0 Å². The molecule has 0 nitrogen and oxygen atoms in total. The van der Waals surface area contributed by atoms with E-state index < -0.39 is 0 Å². The summed E-state index contributed by atoms with van der Waals surface area (Å²) >= 11 is 0. The van der Waals surface area contributed by atoms with E-state index in [1.807, 2.05) is 6.92 Å². The average Bonchev–Trinajstić information content (AvgIpc) is 1.66. The molecular weight excluding hydrogens is 93.7 g/mol. The highest BCUT2D eigenvalue weighted by Gasteiger charge is 1.91. The van der Waals surface area contributed by atoms with Crippen molar-refractivity contribution in [1.29, 1.82) is 0 Å². The molecule has 0 amide bonds. The fourth-order valence-electron chi connectivity index (χ4n) is 0.585. The van der Waals surface area contributed by atoms with Crippen molar-refractivity contribution in [3.63, 3.8) is 0 Å². The third kappa shape index (κ3) is 6.13. The lowest BCUT2D eigenvalue weighted by atomic mass is 9.67. The highest BCUT2D eigenvalue weighted by Crippen LogP contribution is 2.06. The van der Waals surface area contributed by atoms with Crippen LogP contribution >= 0.6 is 0 Å². The van der Waals surface area contributed by atoms with E-state index in [9.17, 15) is 0 Å². The molecule has 0 saturated carbocycles. The number of hydrogen-bond acceptors (Lipinski definition) is 0. The zero-order chi connectivity index (χ0) is 6.41. The van der Waals surface area contributed by atoms with Crippen molar-refractivity contribution in [2.24, 2.45) is 0 Å². The Bertz CT molecular complexity index is 43.8. The fourth-order valence-corrected chi connectivity index (χ4v) is 0.585. The van der Waals surface area contributed by atoms with Crippen molar-refractivity contribution >= 4 is 15.1 Å². The van der Waals surface area contributed by atoms with Gasteiger partial charge in [0, 0.05) is 0 Å². The molecule has 0 aliphatic rings. The van der Waals surface area contributed by atoms with E-state index in [2.05, 4.69) is 14.2 Å². The van der Waals surface area contributed by atoms with E-state index in [1.54, 1.807) is 0 Å². The smallest absolute Gasteiger partial charge is 0.0831 e. The Morgan fingerprint density at radius 1 is 1.62 bits per heavy atom. The molecular formula is C6H13B2. The first-order valence-electron chi connectivity index (χ1n) is 3.34. The molecule has 8 heavy (non-hydrogen) atoms. The lowest BCUT2D eigenvalue weighted by Crippen LogP contribution is -1.90. The summed E-state index contributed by atoms with van der Waals surface area (Å²) in [6, 6.07) is 0. The predicted octanol–water partition coefficient (Wildman–Crippen LogP) is 1.91. The summed E-state index contributed by atoms with van der Waals surface area (Å²) < 4.78 is 0. The van der Waals surface area contributed by atoms with Gasteiger partial charge in [-0.1, -0.05) is 38.7 Å². The predicted molar refractivity (Wildman–Crippen MR) is 40.8 cm³/mol. The van der Waals surface area contributed by atoms with E-state index in [4.69, 9.17) is 7.85 Å². The van der Waals surface area contributed by atoms with E-state index in [1.165, 1.54) is 12.6 Å². The summed E-state index contributed by atoms with van der Waals surface area (Å²) in [7, 11) is 7.78. The van der Waals surface area contributed by atoms with Crippen molar-refractivity contribution < 1.29 is 0 Å². The van der Waals surface area contributed by atoms with Crippen LogP contribution in [-0.2, 0) is 0 Å². The van der Waals surface area contributed by atoms with Gasteiger partial charge in [0.1, 0.15) is 7.28 Å². The topological polar surface area (TPSA) is 0 Å². The van der Waals surface area contributed by atoms with Crippen LogP contribution in [0.1, 0.15) is 20.3 Å². The number of rotatable bonds is 4. The Kier molecular flexibility index (Phi) is 5.36. The maximum atomic E-state index is 5.51. The van der Waals surface area contributed by atoms with Crippen LogP contribution in [0, 0.1) is 0 Å². The normalized spacial score (nSPS) is 13.2. The molecule has 3 radical (unpaired) electrons. The van der Waals surface area contributed by atoms with Crippen LogP contribution < -0.4 is 0 Å². The van der Waals surface area contributed by atoms with Crippen LogP contribution in [0.25, 0.3) is 0 Å². The molecule has 0 spiro atoms. The van der Waals surface area contributed by atoms with Gasteiger partial charge in [0.2, 0.25) is 0 Å². The van der Waals surface area contributed by atoms with E-state index >= 15 is 0 Å². The maximum absolute atomic E-state index is 5.51. The minimum atomic E-state index is 0.373. The van der Waals surface area contributed by atoms with Gasteiger partial charge in [0.05, 0.1) is 7.85 Å². The summed E-state index contributed by atoms with van der Waals surface area (Å²) in [5.41, 5.74) is 0. The van der Waals surface area contributed by atoms with E-state index in [-0.39, 0.29) is 0 Å². The Morgan fingerprint density at radius 3 is 2.62 bits per heavy atom. The molecule has 0 rings (SSSR count). The lowest BCUT2D eigenvalue weighted by Gasteiger charge is -2.00. The molecule has 0 aliphatic heterocycles. The lowest BCUT2D eigenvalue weighted by molar-refractivity contribution is 0.872. The monoisotopic (exact) mass is 107 g/mol. The molecule has 0 aromatic rings. The van der Waals surface area contributed by atoms with Gasteiger partial charge in [0.25, 0.3) is 0 Å². The van der Waals surface area contributed by atoms with Gasteiger partial charge in [-0.05, 0) is 0 Å². The number of hydrogen-bond donors (Lipinski definition) is 0. The molecule has 43 valence electrons. The Balaban J connectivity index is 2.72. The highest BCUT2D eigenvalue weighted by atomic mass is 13.8. The third-order valence-corrected chi connectivity index (χ3v) is 1.11. The van der Waals surface area contributed by atoms with Gasteiger partial charge in [-0.3, -0.25) is 0 Å². The molecule has 1 unspecified atom stereocenters. The molecule has 0 aromatic heterocycles. The molecule has 0 N–H and O–H groups in total. The molecule has 0 bridgehead atoms. The van der Waals surface area contributed by atoms with Crippen LogP contribution in [0.5, 0.6) is 0 Å². The van der Waals surface area contributed by atoms with Crippen LogP contribution in [-0.4, -0.2) is 15.1 Å². The van der Waals surface area contributed by atoms with E-state index in [0.717, 1.165) is 6.42 Å². The van der Waals surface area contributed by atoms with Crippen molar-refractivity contribution in [3.05, 3.63) is 0 Å². The summed E-state index contributed by atoms with van der Waals surface area (Å²) in [6.45, 7) is 4.20. The first-order valence-corrected chi connectivity index (χ1v) is 3.34. The quantitative estimate of drug-likeness (QED) is 0.380. The molecule has 1 atom stereocenters. The summed E-state index contributed by atoms with van der Waals surface area (Å²) in [6.07, 6.45) is 3.48. The van der Waals surface area contributed by atoms with Gasteiger partial charge in [-0.25, -0.2) is 0 Å². The van der Waals surface area contributed by atoms with Crippen LogP contribution in [0.2, 0.25) is 18.5 Å². The third-order valence-electron chi connectivity index (χ3n) is 1.11. The van der Waals surface area contributed by atoms with Crippen molar-refractivity contribution in [3.8, 4) is 0 Å². The second-order valence-electron chi connectivity index (χ2n) is 2.25. The largest absolute Gasteiger partial charge is 0.109 e. The Labute approximate surface area is 54.7 Å². The SMILES string of the molecule is [B]C(C)CC[B]CC. The van der Waals surface area contributed by atoms with Gasteiger partial charge in [0.15, 0.2) is 0 Å². The molecule has 0 heterocycles. The zero-order valence-electron chi connectivity index (χ0n) is 5.85. The van der Waals surface area contributed by atoms with Crippen molar-refractivity contribution in [1.82, 2.24) is 0 Å². The van der Waals surface area contributed by atoms with Gasteiger partial charge >= 0.3 is 0 Å². The second-order valence-corrected chi connectivity index (χ2v) is 2.25. The molecule has 0 saturated heterocycles. The van der Waals surface area contributed by atoms with Crippen molar-refractivity contribution in [2.45, 2.75) is 38.7 Å². The standard InChI is InChI=1S/C6H13B2/c1-3-8-5-4-6(2)7/h6H,3-5H2,1-2H3. The second kappa shape index (κ2) is 5.27. The van der Waals surface area contributed by atoms with Crippen LogP contribution in [0.3, 0.4) is 0 Å². The minimum absolute atomic E-state index is 0.373. The summed E-state index contributed by atoms with van der Waals surface area (Å²) in [5, 5.41) is 0. The highest BCUT2D eigenvalue weighted by molar-refractivity contribution is 6.35. The first kappa shape index (κ1) is 8.13. The van der Waals surface area contributed by atoms with Gasteiger partial charge in [-0.2, -0.15) is 0 Å². The summed E-state index contributed by atoms with van der Waals surface area (Å²) in [4.78, 5) is 0. The first-order chi connectivity index (χ1) is 3.77. The van der Waals surface area contributed by atoms with Crippen LogP contribution in [0.15, 0.2) is 0 Å². The van der Waals surface area contributed by atoms with E-state index in [0.29, 0.717) is 5.82 Å². The molecule has 0 fully saturated rings. The Morgan fingerprint density at radius 2 is 2.25 bits per heavy atom. The Hall–Kier alpha value is 0.130. The van der Waals surface area contributed by atoms with Gasteiger partial charge in [-0.15, -0.1) is 0 Å². The molecule has 0 aliphatic carbocycles. The molecule has 2 heteroatoms. The van der Waals surface area contributed by atoms with Crippen molar-refractivity contribution in [2.75, 3.05) is 0 Å². The summed E-state index contributed by atoms with van der Waals surface area (Å²) in [5.74, 6) is 0.373. The average molecular weight is 107 g/mol.